The molecule has 0 radical (unpaired) electrons. The molecule has 6 nitrogen and oxygen atoms in total. The number of anilines is 1. The highest BCUT2D eigenvalue weighted by molar-refractivity contribution is 7.92. The van der Waals surface area contributed by atoms with Gasteiger partial charge in [-0.15, -0.1) is 12.4 Å². The molecule has 1 aliphatic rings. The summed E-state index contributed by atoms with van der Waals surface area (Å²) >= 11 is 0. The van der Waals surface area contributed by atoms with Crippen LogP contribution in [0.25, 0.3) is 0 Å². The minimum atomic E-state index is -3.71. The molecule has 0 bridgehead atoms. The quantitative estimate of drug-likeness (QED) is 0.689. The smallest absolute Gasteiger partial charge is 0.261 e. The highest BCUT2D eigenvalue weighted by atomic mass is 35.5. The van der Waals surface area contributed by atoms with Gasteiger partial charge in [0.2, 0.25) is 0 Å². The number of nitrogens with one attached hydrogen (secondary N) is 3. The molecule has 1 heterocycles. The third-order valence-electron chi connectivity index (χ3n) is 4.95. The van der Waals surface area contributed by atoms with Crippen LogP contribution in [0.3, 0.4) is 0 Å². The highest BCUT2D eigenvalue weighted by Crippen LogP contribution is 2.22. The Kier molecular flexibility index (Phi) is 7.46. The van der Waals surface area contributed by atoms with Crippen LogP contribution in [0.2, 0.25) is 0 Å². The summed E-state index contributed by atoms with van der Waals surface area (Å²) in [7, 11) is -3.71. The Balaban J connectivity index is 0.00000280. The Hall–Kier alpha value is -2.09. The number of amides is 1. The van der Waals surface area contributed by atoms with Crippen molar-refractivity contribution in [1.29, 1.82) is 0 Å². The van der Waals surface area contributed by atoms with Crippen LogP contribution in [0.1, 0.15) is 34.3 Å². The maximum Gasteiger partial charge on any atom is 0.261 e. The SMILES string of the molecule is Cc1cccc(NS(=O)(=O)c2ccc(C(=O)NC3CCNCC3)cc2)c1C.Cl. The van der Waals surface area contributed by atoms with Gasteiger partial charge in [0.1, 0.15) is 0 Å². The molecule has 0 aromatic heterocycles. The van der Waals surface area contributed by atoms with Crippen molar-refractivity contribution in [3.63, 3.8) is 0 Å². The molecule has 8 heteroatoms. The number of halogens is 1. The zero-order valence-electron chi connectivity index (χ0n) is 16.0. The summed E-state index contributed by atoms with van der Waals surface area (Å²) in [6.45, 7) is 5.60. The minimum absolute atomic E-state index is 0. The van der Waals surface area contributed by atoms with E-state index in [0.717, 1.165) is 37.1 Å². The molecule has 0 spiro atoms. The Bertz CT molecular complexity index is 924. The van der Waals surface area contributed by atoms with Crippen LogP contribution in [0.15, 0.2) is 47.4 Å². The summed E-state index contributed by atoms with van der Waals surface area (Å²) < 4.78 is 27.9. The molecule has 1 amide bonds. The number of aryl methyl sites for hydroxylation is 1. The van der Waals surface area contributed by atoms with Crippen molar-refractivity contribution in [2.75, 3.05) is 17.8 Å². The average Bonchev–Trinajstić information content (AvgIpc) is 2.66. The summed E-state index contributed by atoms with van der Waals surface area (Å²) in [6.07, 6.45) is 1.80. The number of carbonyl (C=O) groups excluding carboxylic acids is 1. The molecule has 0 saturated carbocycles. The largest absolute Gasteiger partial charge is 0.349 e. The zero-order valence-corrected chi connectivity index (χ0v) is 17.6. The molecule has 0 aliphatic carbocycles. The van der Waals surface area contributed by atoms with Crippen molar-refractivity contribution in [1.82, 2.24) is 10.6 Å². The van der Waals surface area contributed by atoms with Gasteiger partial charge in [0.25, 0.3) is 15.9 Å². The van der Waals surface area contributed by atoms with Crippen molar-refractivity contribution in [3.05, 3.63) is 59.2 Å². The lowest BCUT2D eigenvalue weighted by molar-refractivity contribution is 0.0929. The first kappa shape index (κ1) is 22.2. The molecular weight excluding hydrogens is 398 g/mol. The third-order valence-corrected chi connectivity index (χ3v) is 6.33. The van der Waals surface area contributed by atoms with Gasteiger partial charge >= 0.3 is 0 Å². The van der Waals surface area contributed by atoms with E-state index in [1.807, 2.05) is 26.0 Å². The standard InChI is InChI=1S/C20H25N3O3S.ClH/c1-14-4-3-5-19(15(14)2)23-27(25,26)18-8-6-16(7-9-18)20(24)22-17-10-12-21-13-11-17;/h3-9,17,21,23H,10-13H2,1-2H3,(H,22,24);1H. The van der Waals surface area contributed by atoms with Crippen LogP contribution >= 0.6 is 12.4 Å². The van der Waals surface area contributed by atoms with Crippen LogP contribution in [0.5, 0.6) is 0 Å². The lowest BCUT2D eigenvalue weighted by atomic mass is 10.1. The molecule has 2 aromatic rings. The van der Waals surface area contributed by atoms with E-state index in [4.69, 9.17) is 0 Å². The molecule has 2 aromatic carbocycles. The van der Waals surface area contributed by atoms with E-state index in [0.29, 0.717) is 11.3 Å². The topological polar surface area (TPSA) is 87.3 Å². The monoisotopic (exact) mass is 423 g/mol. The average molecular weight is 424 g/mol. The molecule has 3 N–H and O–H groups in total. The van der Waals surface area contributed by atoms with E-state index < -0.39 is 10.0 Å². The van der Waals surface area contributed by atoms with Gasteiger partial charge in [0.05, 0.1) is 10.6 Å². The van der Waals surface area contributed by atoms with Gasteiger partial charge in [-0.2, -0.15) is 0 Å². The van der Waals surface area contributed by atoms with Gasteiger partial charge < -0.3 is 10.6 Å². The first-order valence-electron chi connectivity index (χ1n) is 9.07. The normalized spacial score (nSPS) is 14.8. The van der Waals surface area contributed by atoms with E-state index in [1.54, 1.807) is 18.2 Å². The van der Waals surface area contributed by atoms with Gasteiger partial charge in [0.15, 0.2) is 0 Å². The Labute approximate surface area is 172 Å². The molecular formula is C20H26ClN3O3S. The molecule has 3 rings (SSSR count). The number of rotatable bonds is 5. The van der Waals surface area contributed by atoms with Gasteiger partial charge in [0, 0.05) is 11.6 Å². The fraction of sp³-hybridized carbons (Fsp3) is 0.350. The van der Waals surface area contributed by atoms with E-state index in [2.05, 4.69) is 15.4 Å². The number of carbonyl (C=O) groups is 1. The van der Waals surface area contributed by atoms with E-state index in [-0.39, 0.29) is 29.3 Å². The fourth-order valence-corrected chi connectivity index (χ4v) is 4.21. The van der Waals surface area contributed by atoms with Crippen molar-refractivity contribution in [2.24, 2.45) is 0 Å². The lowest BCUT2D eigenvalue weighted by Crippen LogP contribution is -2.42. The first-order chi connectivity index (χ1) is 12.9. The van der Waals surface area contributed by atoms with Gasteiger partial charge in [-0.3, -0.25) is 9.52 Å². The summed E-state index contributed by atoms with van der Waals surface area (Å²) in [5, 5.41) is 6.26. The van der Waals surface area contributed by atoms with Crippen LogP contribution < -0.4 is 15.4 Å². The van der Waals surface area contributed by atoms with Gasteiger partial charge in [-0.25, -0.2) is 8.42 Å². The second-order valence-corrected chi connectivity index (χ2v) is 8.56. The van der Waals surface area contributed by atoms with E-state index in [9.17, 15) is 13.2 Å². The predicted octanol–water partition coefficient (Wildman–Crippen LogP) is 3.01. The van der Waals surface area contributed by atoms with Crippen LogP contribution in [-0.4, -0.2) is 33.5 Å². The Morgan fingerprint density at radius 1 is 1.04 bits per heavy atom. The molecule has 1 aliphatic heterocycles. The van der Waals surface area contributed by atoms with Crippen molar-refractivity contribution in [2.45, 2.75) is 37.6 Å². The van der Waals surface area contributed by atoms with Crippen molar-refractivity contribution < 1.29 is 13.2 Å². The summed E-state index contributed by atoms with van der Waals surface area (Å²) in [4.78, 5) is 12.5. The Morgan fingerprint density at radius 2 is 1.68 bits per heavy atom. The number of hydrogen-bond acceptors (Lipinski definition) is 4. The molecule has 152 valence electrons. The number of sulfonamides is 1. The van der Waals surface area contributed by atoms with Crippen LogP contribution in [-0.2, 0) is 10.0 Å². The van der Waals surface area contributed by atoms with Crippen LogP contribution in [0, 0.1) is 13.8 Å². The Morgan fingerprint density at radius 3 is 2.32 bits per heavy atom. The highest BCUT2D eigenvalue weighted by Gasteiger charge is 2.19. The molecule has 1 fully saturated rings. The van der Waals surface area contributed by atoms with Crippen molar-refractivity contribution in [3.8, 4) is 0 Å². The molecule has 0 unspecified atom stereocenters. The van der Waals surface area contributed by atoms with Crippen LogP contribution in [0.4, 0.5) is 5.69 Å². The number of piperidine rings is 1. The van der Waals surface area contributed by atoms with Gasteiger partial charge in [-0.05, 0) is 81.2 Å². The zero-order chi connectivity index (χ0) is 19.4. The third kappa shape index (κ3) is 5.25. The number of hydrogen-bond donors (Lipinski definition) is 3. The fourth-order valence-electron chi connectivity index (χ4n) is 3.09. The van der Waals surface area contributed by atoms with E-state index >= 15 is 0 Å². The maximum atomic E-state index is 12.6. The van der Waals surface area contributed by atoms with E-state index in [1.165, 1.54) is 12.1 Å². The van der Waals surface area contributed by atoms with Crippen molar-refractivity contribution >= 4 is 34.0 Å². The first-order valence-corrected chi connectivity index (χ1v) is 10.6. The summed E-state index contributed by atoms with van der Waals surface area (Å²) in [5.41, 5.74) is 2.92. The lowest BCUT2D eigenvalue weighted by Gasteiger charge is -2.23. The van der Waals surface area contributed by atoms with Gasteiger partial charge in [-0.1, -0.05) is 12.1 Å². The molecule has 0 atom stereocenters. The summed E-state index contributed by atoms with van der Waals surface area (Å²) in [5.74, 6) is -0.173. The number of benzene rings is 2. The molecule has 28 heavy (non-hydrogen) atoms. The summed E-state index contributed by atoms with van der Waals surface area (Å²) in [6, 6.07) is 11.7. The second-order valence-electron chi connectivity index (χ2n) is 6.88. The second kappa shape index (κ2) is 9.41. The minimum Gasteiger partial charge on any atom is -0.349 e. The maximum absolute atomic E-state index is 12.6. The molecule has 1 saturated heterocycles. The predicted molar refractivity (Wildman–Crippen MR) is 114 cm³/mol.